The van der Waals surface area contributed by atoms with Crippen molar-refractivity contribution in [3.05, 3.63) is 164 Å². The minimum absolute atomic E-state index is 0.0441. The predicted molar refractivity (Wildman–Crippen MR) is 199 cm³/mol. The number of thioether (sulfide) groups is 1. The molecule has 10 nitrogen and oxygen atoms in total. The number of aromatic nitrogens is 1. The minimum Gasteiger partial charge on any atom is -0.321 e. The van der Waals surface area contributed by atoms with Gasteiger partial charge in [-0.25, -0.2) is 4.98 Å². The molecule has 13 heteroatoms. The van der Waals surface area contributed by atoms with Crippen LogP contribution < -0.4 is 16.0 Å². The maximum Gasteiger partial charge on any atom is 0.272 e. The number of non-ortho nitro benzene ring substituents is 1. The van der Waals surface area contributed by atoms with Crippen LogP contribution in [-0.4, -0.2) is 27.6 Å². The second-order valence-electron chi connectivity index (χ2n) is 10.6. The average molecular weight is 718 g/mol. The number of amides is 3. The number of hydrogen-bond donors (Lipinski definition) is 3. The number of carbonyl (C=O) groups excluding carboxylic acids is 3. The number of nitrogens with zero attached hydrogens (tertiary/aromatic N) is 2. The fourth-order valence-electron chi connectivity index (χ4n) is 4.72. The molecule has 0 aliphatic carbocycles. The van der Waals surface area contributed by atoms with Gasteiger partial charge in [-0.2, -0.15) is 0 Å². The van der Waals surface area contributed by atoms with Crippen molar-refractivity contribution >= 4 is 74.7 Å². The van der Waals surface area contributed by atoms with Crippen LogP contribution in [0.5, 0.6) is 0 Å². The Morgan fingerprint density at radius 1 is 0.820 bits per heavy atom. The normalized spacial score (nSPS) is 11.7. The van der Waals surface area contributed by atoms with Crippen LogP contribution >= 0.6 is 34.4 Å². The smallest absolute Gasteiger partial charge is 0.272 e. The Balaban J connectivity index is 1.15. The summed E-state index contributed by atoms with van der Waals surface area (Å²) in [6, 6.07) is 34.9. The monoisotopic (exact) mass is 717 g/mol. The molecule has 0 aliphatic heterocycles. The summed E-state index contributed by atoms with van der Waals surface area (Å²) in [5.74, 6) is -1.19. The number of carbonyl (C=O) groups is 3. The molecule has 0 aliphatic rings. The number of thiazole rings is 1. The average Bonchev–Trinajstić information content (AvgIpc) is 3.84. The molecular formula is C37H27N5O5S3. The number of thiophene rings is 1. The fraction of sp³-hybridized carbons (Fsp3) is 0.0270. The lowest BCUT2D eigenvalue weighted by molar-refractivity contribution is -0.384. The van der Waals surface area contributed by atoms with Crippen molar-refractivity contribution < 1.29 is 19.3 Å². The quantitative estimate of drug-likeness (QED) is 0.0498. The number of nitro benzene ring substituents is 1. The molecular weight excluding hydrogens is 691 g/mol. The zero-order valence-corrected chi connectivity index (χ0v) is 28.5. The van der Waals surface area contributed by atoms with Gasteiger partial charge in [0.05, 0.1) is 10.6 Å². The first-order chi connectivity index (χ1) is 24.3. The third kappa shape index (κ3) is 8.76. The lowest BCUT2D eigenvalue weighted by Gasteiger charge is -2.17. The summed E-state index contributed by atoms with van der Waals surface area (Å²) < 4.78 is 0. The first-order valence-corrected chi connectivity index (χ1v) is 17.7. The van der Waals surface area contributed by atoms with Gasteiger partial charge in [-0.15, -0.1) is 34.4 Å². The Morgan fingerprint density at radius 2 is 1.56 bits per heavy atom. The van der Waals surface area contributed by atoms with Crippen LogP contribution in [0.15, 0.2) is 143 Å². The van der Waals surface area contributed by atoms with E-state index < -0.39 is 22.0 Å². The van der Waals surface area contributed by atoms with Gasteiger partial charge in [-0.1, -0.05) is 66.7 Å². The topological polar surface area (TPSA) is 143 Å². The molecule has 0 saturated carbocycles. The summed E-state index contributed by atoms with van der Waals surface area (Å²) in [5, 5.41) is 23.0. The summed E-state index contributed by atoms with van der Waals surface area (Å²) >= 11 is 4.00. The van der Waals surface area contributed by atoms with Crippen molar-refractivity contribution in [2.45, 2.75) is 10.1 Å². The van der Waals surface area contributed by atoms with Crippen LogP contribution in [0.25, 0.3) is 17.3 Å². The second kappa shape index (κ2) is 16.0. The van der Waals surface area contributed by atoms with E-state index in [0.29, 0.717) is 27.6 Å². The van der Waals surface area contributed by atoms with E-state index in [1.54, 1.807) is 72.1 Å². The molecule has 4 aromatic carbocycles. The summed E-state index contributed by atoms with van der Waals surface area (Å²) in [6.07, 6.45) is 1.63. The highest BCUT2D eigenvalue weighted by Crippen LogP contribution is 2.37. The van der Waals surface area contributed by atoms with Crippen LogP contribution in [0.1, 0.15) is 26.0 Å². The molecule has 2 heterocycles. The van der Waals surface area contributed by atoms with Gasteiger partial charge in [-0.05, 0) is 59.5 Å². The third-order valence-electron chi connectivity index (χ3n) is 7.15. The lowest BCUT2D eigenvalue weighted by Crippen LogP contribution is -2.30. The Labute approximate surface area is 299 Å². The molecule has 3 amide bonds. The first-order valence-electron chi connectivity index (χ1n) is 15.1. The predicted octanol–water partition coefficient (Wildman–Crippen LogP) is 8.66. The van der Waals surface area contributed by atoms with Gasteiger partial charge in [0.1, 0.15) is 10.9 Å². The molecule has 2 aromatic heterocycles. The molecule has 248 valence electrons. The molecule has 6 rings (SSSR count). The van der Waals surface area contributed by atoms with Crippen LogP contribution in [-0.2, 0) is 9.59 Å². The van der Waals surface area contributed by atoms with Crippen molar-refractivity contribution in [1.82, 2.24) is 10.3 Å². The van der Waals surface area contributed by atoms with E-state index in [4.69, 9.17) is 0 Å². The van der Waals surface area contributed by atoms with E-state index in [9.17, 15) is 24.5 Å². The Bertz CT molecular complexity index is 2150. The number of nitro groups is 1. The zero-order chi connectivity index (χ0) is 34.9. The Morgan fingerprint density at radius 3 is 2.26 bits per heavy atom. The lowest BCUT2D eigenvalue weighted by atomic mass is 10.1. The van der Waals surface area contributed by atoms with Gasteiger partial charge < -0.3 is 16.0 Å². The van der Waals surface area contributed by atoms with Gasteiger partial charge >= 0.3 is 0 Å². The highest BCUT2D eigenvalue weighted by Gasteiger charge is 2.24. The SMILES string of the molecule is O=C(Nc1ccc(SC(C(=O)Nc2nc(-c3cccc([N+](=O)[O-])c3)cs2)c2ccccc2)cc1)/C(=C/c1cccs1)NC(=O)c1ccccc1. The van der Waals surface area contributed by atoms with E-state index in [0.717, 1.165) is 15.3 Å². The number of anilines is 2. The van der Waals surface area contributed by atoms with E-state index in [1.807, 2.05) is 53.9 Å². The molecule has 0 bridgehead atoms. The van der Waals surface area contributed by atoms with Crippen molar-refractivity contribution in [3.63, 3.8) is 0 Å². The van der Waals surface area contributed by atoms with Gasteiger partial charge in [0.15, 0.2) is 5.13 Å². The summed E-state index contributed by atoms with van der Waals surface area (Å²) in [7, 11) is 0. The standard InChI is InChI=1S/C37H27N5O5S3/c43-34(25-11-5-2-6-12-25)39-31(22-30-15-8-20-48-30)35(44)38-27-16-18-29(19-17-27)50-33(24-9-3-1-4-10-24)36(45)41-37-40-32(23-49-37)26-13-7-14-28(21-26)42(46)47/h1-23,33H,(H,38,44)(H,39,43)(H,40,41,45)/b31-22-. The molecule has 50 heavy (non-hydrogen) atoms. The third-order valence-corrected chi connectivity index (χ3v) is 10.00. The highest BCUT2D eigenvalue weighted by molar-refractivity contribution is 8.00. The molecule has 1 atom stereocenters. The number of rotatable bonds is 12. The molecule has 1 unspecified atom stereocenters. The van der Waals surface area contributed by atoms with Crippen molar-refractivity contribution in [1.29, 1.82) is 0 Å². The van der Waals surface area contributed by atoms with Gasteiger partial charge in [-0.3, -0.25) is 24.5 Å². The van der Waals surface area contributed by atoms with Crippen molar-refractivity contribution in [2.24, 2.45) is 0 Å². The number of nitrogens with one attached hydrogen (secondary N) is 3. The fourth-order valence-corrected chi connectivity index (χ4v) is 7.13. The van der Waals surface area contributed by atoms with E-state index in [-0.39, 0.29) is 17.3 Å². The summed E-state index contributed by atoms with van der Waals surface area (Å²) in [5.41, 5.74) is 2.85. The van der Waals surface area contributed by atoms with Crippen molar-refractivity contribution in [3.8, 4) is 11.3 Å². The zero-order valence-electron chi connectivity index (χ0n) is 26.0. The van der Waals surface area contributed by atoms with E-state index >= 15 is 0 Å². The molecule has 6 aromatic rings. The van der Waals surface area contributed by atoms with E-state index in [2.05, 4.69) is 20.9 Å². The van der Waals surface area contributed by atoms with Crippen LogP contribution in [0, 0.1) is 10.1 Å². The van der Waals surface area contributed by atoms with Gasteiger partial charge in [0, 0.05) is 44.1 Å². The van der Waals surface area contributed by atoms with Crippen molar-refractivity contribution in [2.75, 3.05) is 10.6 Å². The first kappa shape index (κ1) is 34.0. The molecule has 0 fully saturated rings. The van der Waals surface area contributed by atoms with Crippen LogP contribution in [0.3, 0.4) is 0 Å². The minimum atomic E-state index is -0.643. The molecule has 3 N–H and O–H groups in total. The molecule has 0 spiro atoms. The van der Waals surface area contributed by atoms with Gasteiger partial charge in [0.25, 0.3) is 17.5 Å². The molecule has 0 saturated heterocycles. The summed E-state index contributed by atoms with van der Waals surface area (Å²) in [4.78, 5) is 56.8. The van der Waals surface area contributed by atoms with Crippen LogP contribution in [0.2, 0.25) is 0 Å². The summed E-state index contributed by atoms with van der Waals surface area (Å²) in [6.45, 7) is 0. The second-order valence-corrected chi connectivity index (χ2v) is 13.6. The maximum atomic E-state index is 13.7. The molecule has 0 radical (unpaired) electrons. The Hall–Kier alpha value is -5.89. The Kier molecular flexibility index (Phi) is 10.9. The van der Waals surface area contributed by atoms with Crippen LogP contribution in [0.4, 0.5) is 16.5 Å². The van der Waals surface area contributed by atoms with E-state index in [1.165, 1.54) is 46.6 Å². The number of benzene rings is 4. The highest BCUT2D eigenvalue weighted by atomic mass is 32.2. The number of hydrogen-bond acceptors (Lipinski definition) is 9. The maximum absolute atomic E-state index is 13.7. The largest absolute Gasteiger partial charge is 0.321 e. The van der Waals surface area contributed by atoms with Gasteiger partial charge in [0.2, 0.25) is 5.91 Å².